The van der Waals surface area contributed by atoms with Gasteiger partial charge < -0.3 is 5.11 Å². The van der Waals surface area contributed by atoms with Crippen LogP contribution in [0.5, 0.6) is 0 Å². The maximum Gasteiger partial charge on any atom is 0.246 e. The molecule has 8 heteroatoms. The standard InChI is InChI=1S/C8H10ClN3O3S/c9-8-10-3-7(4-11-8)16(14,15)12-2-1-6(13)5-12/h3-4,6,13H,1-2,5H2/t6-/m0/s1. The Morgan fingerprint density at radius 2 is 2.06 bits per heavy atom. The minimum atomic E-state index is -3.60. The summed E-state index contributed by atoms with van der Waals surface area (Å²) in [5.74, 6) is 0. The summed E-state index contributed by atoms with van der Waals surface area (Å²) in [6.45, 7) is 0.428. The van der Waals surface area contributed by atoms with Gasteiger partial charge in [0.05, 0.1) is 18.5 Å². The lowest BCUT2D eigenvalue weighted by Crippen LogP contribution is -2.29. The Hall–Kier alpha value is -0.760. The third-order valence-corrected chi connectivity index (χ3v) is 4.37. The van der Waals surface area contributed by atoms with E-state index >= 15 is 0 Å². The zero-order chi connectivity index (χ0) is 11.8. The molecule has 0 radical (unpaired) electrons. The molecule has 0 amide bonds. The number of aliphatic hydroxyl groups is 1. The van der Waals surface area contributed by atoms with E-state index in [2.05, 4.69) is 9.97 Å². The van der Waals surface area contributed by atoms with Gasteiger partial charge in [0.15, 0.2) is 0 Å². The fraction of sp³-hybridized carbons (Fsp3) is 0.500. The van der Waals surface area contributed by atoms with Crippen LogP contribution < -0.4 is 0 Å². The van der Waals surface area contributed by atoms with E-state index < -0.39 is 16.1 Å². The van der Waals surface area contributed by atoms with Crippen molar-refractivity contribution in [1.82, 2.24) is 14.3 Å². The first-order valence-electron chi connectivity index (χ1n) is 4.66. The second-order valence-corrected chi connectivity index (χ2v) is 5.77. The van der Waals surface area contributed by atoms with E-state index in [0.29, 0.717) is 13.0 Å². The van der Waals surface area contributed by atoms with Gasteiger partial charge >= 0.3 is 0 Å². The van der Waals surface area contributed by atoms with Gasteiger partial charge in [-0.05, 0) is 18.0 Å². The highest BCUT2D eigenvalue weighted by molar-refractivity contribution is 7.89. The molecule has 16 heavy (non-hydrogen) atoms. The first kappa shape index (κ1) is 11.7. The van der Waals surface area contributed by atoms with Crippen molar-refractivity contribution in [3.63, 3.8) is 0 Å². The van der Waals surface area contributed by atoms with E-state index in [0.717, 1.165) is 12.4 Å². The summed E-state index contributed by atoms with van der Waals surface area (Å²) in [6, 6.07) is 0. The van der Waals surface area contributed by atoms with Crippen molar-refractivity contribution in [3.05, 3.63) is 17.7 Å². The minimum absolute atomic E-state index is 0.000377. The number of hydrogen-bond acceptors (Lipinski definition) is 5. The molecular weight excluding hydrogens is 254 g/mol. The predicted octanol–water partition coefficient (Wildman–Crippen LogP) is -0.115. The Morgan fingerprint density at radius 3 is 2.56 bits per heavy atom. The summed E-state index contributed by atoms with van der Waals surface area (Å²) in [5.41, 5.74) is 0. The molecule has 0 unspecified atom stereocenters. The fourth-order valence-corrected chi connectivity index (χ4v) is 2.99. The number of aliphatic hydroxyl groups excluding tert-OH is 1. The van der Waals surface area contributed by atoms with Gasteiger partial charge in [-0.25, -0.2) is 18.4 Å². The third-order valence-electron chi connectivity index (χ3n) is 2.36. The molecule has 0 aliphatic carbocycles. The number of sulfonamides is 1. The number of nitrogens with zero attached hydrogens (tertiary/aromatic N) is 3. The molecule has 0 bridgehead atoms. The van der Waals surface area contributed by atoms with Gasteiger partial charge in [0.2, 0.25) is 15.3 Å². The highest BCUT2D eigenvalue weighted by Gasteiger charge is 2.31. The molecule has 1 N–H and O–H groups in total. The average Bonchev–Trinajstić information content (AvgIpc) is 2.66. The van der Waals surface area contributed by atoms with E-state index in [1.807, 2.05) is 0 Å². The summed E-state index contributed by atoms with van der Waals surface area (Å²) in [4.78, 5) is 7.24. The second-order valence-electron chi connectivity index (χ2n) is 3.49. The Labute approximate surface area is 97.9 Å². The number of hydrogen-bond donors (Lipinski definition) is 1. The van der Waals surface area contributed by atoms with Crippen molar-refractivity contribution in [2.45, 2.75) is 17.4 Å². The molecule has 1 fully saturated rings. The largest absolute Gasteiger partial charge is 0.392 e. The summed E-state index contributed by atoms with van der Waals surface area (Å²) in [7, 11) is -3.60. The third kappa shape index (κ3) is 2.17. The molecule has 1 aromatic heterocycles. The van der Waals surface area contributed by atoms with E-state index in [1.54, 1.807) is 0 Å². The molecule has 6 nitrogen and oxygen atoms in total. The number of β-amino-alcohol motifs (C(OH)–C–C–N with tert-alkyl or cyclic N) is 1. The van der Waals surface area contributed by atoms with E-state index in [9.17, 15) is 13.5 Å². The normalized spacial score (nSPS) is 22.5. The Morgan fingerprint density at radius 1 is 1.44 bits per heavy atom. The lowest BCUT2D eigenvalue weighted by Gasteiger charge is -2.14. The van der Waals surface area contributed by atoms with Crippen LogP contribution >= 0.6 is 11.6 Å². The van der Waals surface area contributed by atoms with Crippen molar-refractivity contribution in [2.24, 2.45) is 0 Å². The Bertz CT molecular complexity index is 476. The number of rotatable bonds is 2. The second kappa shape index (κ2) is 4.25. The van der Waals surface area contributed by atoms with Crippen molar-refractivity contribution in [3.8, 4) is 0 Å². The van der Waals surface area contributed by atoms with Gasteiger partial charge in [-0.15, -0.1) is 0 Å². The monoisotopic (exact) mass is 263 g/mol. The molecule has 2 rings (SSSR count). The van der Waals surface area contributed by atoms with Gasteiger partial charge in [0, 0.05) is 13.1 Å². The fourth-order valence-electron chi connectivity index (χ4n) is 1.51. The zero-order valence-electron chi connectivity index (χ0n) is 8.24. The molecule has 1 aromatic rings. The topological polar surface area (TPSA) is 83.4 Å². The van der Waals surface area contributed by atoms with Crippen LogP contribution in [-0.2, 0) is 10.0 Å². The SMILES string of the molecule is O=S(=O)(c1cnc(Cl)nc1)N1CC[C@H](O)C1. The van der Waals surface area contributed by atoms with Gasteiger partial charge in [-0.2, -0.15) is 4.31 Å². The van der Waals surface area contributed by atoms with Crippen LogP contribution in [0.2, 0.25) is 5.28 Å². The summed E-state index contributed by atoms with van der Waals surface area (Å²) < 4.78 is 25.2. The van der Waals surface area contributed by atoms with Gasteiger partial charge in [-0.3, -0.25) is 0 Å². The van der Waals surface area contributed by atoms with Crippen molar-refractivity contribution in [2.75, 3.05) is 13.1 Å². The maximum absolute atomic E-state index is 12.0. The van der Waals surface area contributed by atoms with Crippen molar-refractivity contribution >= 4 is 21.6 Å². The van der Waals surface area contributed by atoms with E-state index in [-0.39, 0.29) is 16.7 Å². The Kier molecular flexibility index (Phi) is 3.11. The predicted molar refractivity (Wildman–Crippen MR) is 56.4 cm³/mol. The van der Waals surface area contributed by atoms with Crippen LogP contribution in [0.15, 0.2) is 17.3 Å². The molecule has 1 aliphatic heterocycles. The van der Waals surface area contributed by atoms with Crippen molar-refractivity contribution in [1.29, 1.82) is 0 Å². The smallest absolute Gasteiger partial charge is 0.246 e. The molecule has 0 aromatic carbocycles. The molecule has 1 saturated heterocycles. The van der Waals surface area contributed by atoms with Crippen LogP contribution in [0, 0.1) is 0 Å². The summed E-state index contributed by atoms with van der Waals surface area (Å²) >= 11 is 5.47. The van der Waals surface area contributed by atoms with Gasteiger partial charge in [0.25, 0.3) is 0 Å². The summed E-state index contributed by atoms with van der Waals surface area (Å²) in [5, 5.41) is 9.30. The van der Waals surface area contributed by atoms with Crippen LogP contribution in [-0.4, -0.2) is 47.0 Å². The molecule has 88 valence electrons. The first-order valence-corrected chi connectivity index (χ1v) is 6.48. The maximum atomic E-state index is 12.0. The van der Waals surface area contributed by atoms with E-state index in [1.165, 1.54) is 4.31 Å². The molecule has 1 atom stereocenters. The van der Waals surface area contributed by atoms with E-state index in [4.69, 9.17) is 11.6 Å². The van der Waals surface area contributed by atoms with Crippen LogP contribution in [0.25, 0.3) is 0 Å². The Balaban J connectivity index is 2.29. The molecule has 1 aliphatic rings. The minimum Gasteiger partial charge on any atom is -0.392 e. The van der Waals surface area contributed by atoms with Gasteiger partial charge in [-0.1, -0.05) is 0 Å². The molecule has 2 heterocycles. The molecule has 0 spiro atoms. The first-order chi connectivity index (χ1) is 7.50. The highest BCUT2D eigenvalue weighted by Crippen LogP contribution is 2.20. The molecular formula is C8H10ClN3O3S. The van der Waals surface area contributed by atoms with Crippen LogP contribution in [0.3, 0.4) is 0 Å². The van der Waals surface area contributed by atoms with Crippen LogP contribution in [0.4, 0.5) is 0 Å². The van der Waals surface area contributed by atoms with Crippen molar-refractivity contribution < 1.29 is 13.5 Å². The zero-order valence-corrected chi connectivity index (χ0v) is 9.82. The number of halogens is 1. The highest BCUT2D eigenvalue weighted by atomic mass is 35.5. The lowest BCUT2D eigenvalue weighted by atomic mass is 10.3. The summed E-state index contributed by atoms with van der Waals surface area (Å²) in [6.07, 6.45) is 2.18. The quantitative estimate of drug-likeness (QED) is 0.753. The number of aromatic nitrogens is 2. The molecule has 0 saturated carbocycles. The van der Waals surface area contributed by atoms with Gasteiger partial charge in [0.1, 0.15) is 4.90 Å². The average molecular weight is 264 g/mol. The lowest BCUT2D eigenvalue weighted by molar-refractivity contribution is 0.189. The van der Waals surface area contributed by atoms with Crippen LogP contribution in [0.1, 0.15) is 6.42 Å².